The molecule has 5 heteroatoms. The minimum atomic E-state index is -0.843. The molecule has 1 amide bonds. The molecule has 5 unspecified atom stereocenters. The van der Waals surface area contributed by atoms with Crippen molar-refractivity contribution in [2.75, 3.05) is 6.54 Å². The van der Waals surface area contributed by atoms with Crippen molar-refractivity contribution >= 4 is 11.9 Å². The average molecular weight is 351 g/mol. The molecule has 5 nitrogen and oxygen atoms in total. The lowest BCUT2D eigenvalue weighted by atomic mass is 9.78. The normalized spacial score (nSPS) is 30.5. The van der Waals surface area contributed by atoms with Gasteiger partial charge in [-0.1, -0.05) is 25.5 Å². The van der Waals surface area contributed by atoms with Gasteiger partial charge in [-0.2, -0.15) is 0 Å². The Hall–Kier alpha value is -1.36. The van der Waals surface area contributed by atoms with Gasteiger partial charge in [-0.25, -0.2) is 0 Å². The number of aliphatic carboxylic acids is 1. The lowest BCUT2D eigenvalue weighted by Crippen LogP contribution is -2.45. The summed E-state index contributed by atoms with van der Waals surface area (Å²) in [7, 11) is 0. The van der Waals surface area contributed by atoms with Crippen molar-refractivity contribution in [2.45, 2.75) is 70.8 Å². The third kappa shape index (κ3) is 5.56. The Balaban J connectivity index is 1.89. The molecule has 25 heavy (non-hydrogen) atoms. The van der Waals surface area contributed by atoms with E-state index in [0.29, 0.717) is 31.2 Å². The second-order valence-electron chi connectivity index (χ2n) is 8.12. The molecule has 2 rings (SSSR count). The third-order valence-electron chi connectivity index (χ3n) is 5.84. The van der Waals surface area contributed by atoms with Gasteiger partial charge in [0.15, 0.2) is 0 Å². The molecule has 2 bridgehead atoms. The Bertz CT molecular complexity index is 500. The summed E-state index contributed by atoms with van der Waals surface area (Å²) in [5.74, 6) is 0.613. The van der Waals surface area contributed by atoms with Crippen LogP contribution in [-0.2, 0) is 9.59 Å². The van der Waals surface area contributed by atoms with E-state index in [1.54, 1.807) is 6.92 Å². The van der Waals surface area contributed by atoms with Crippen LogP contribution in [0.5, 0.6) is 0 Å². The van der Waals surface area contributed by atoms with Crippen LogP contribution in [0.1, 0.15) is 65.2 Å². The first-order valence-electron chi connectivity index (χ1n) is 9.72. The molecule has 2 aliphatic rings. The number of nitrogens with one attached hydrogen (secondary N) is 1. The number of allylic oxidation sites excluding steroid dienone is 2. The maximum absolute atomic E-state index is 12.7. The molecule has 0 radical (unpaired) electrons. The summed E-state index contributed by atoms with van der Waals surface area (Å²) in [4.78, 5) is 23.3. The first-order valence-corrected chi connectivity index (χ1v) is 9.72. The van der Waals surface area contributed by atoms with E-state index in [2.05, 4.69) is 17.5 Å². The van der Waals surface area contributed by atoms with Gasteiger partial charge in [-0.15, -0.1) is 0 Å². The van der Waals surface area contributed by atoms with Crippen molar-refractivity contribution in [3.8, 4) is 0 Å². The van der Waals surface area contributed by atoms with Gasteiger partial charge < -0.3 is 15.5 Å². The van der Waals surface area contributed by atoms with Crippen LogP contribution in [0.15, 0.2) is 12.2 Å². The van der Waals surface area contributed by atoms with Gasteiger partial charge >= 0.3 is 5.97 Å². The summed E-state index contributed by atoms with van der Waals surface area (Å²) in [6, 6.07) is 0. The third-order valence-corrected chi connectivity index (χ3v) is 5.84. The van der Waals surface area contributed by atoms with Crippen LogP contribution in [0.3, 0.4) is 0 Å². The molecule has 0 aromatic heterocycles. The molecule has 0 heterocycles. The minimum Gasteiger partial charge on any atom is -0.481 e. The zero-order valence-electron chi connectivity index (χ0n) is 15.5. The van der Waals surface area contributed by atoms with E-state index >= 15 is 0 Å². The van der Waals surface area contributed by atoms with Gasteiger partial charge in [-0.3, -0.25) is 9.59 Å². The highest BCUT2D eigenvalue weighted by atomic mass is 16.4. The number of unbranched alkanes of at least 4 members (excludes halogenated alkanes) is 1. The van der Waals surface area contributed by atoms with Crippen LogP contribution in [-0.4, -0.2) is 34.2 Å². The van der Waals surface area contributed by atoms with Crippen molar-refractivity contribution in [3.63, 3.8) is 0 Å². The molecule has 0 saturated heterocycles. The number of rotatable bonds is 10. The monoisotopic (exact) mass is 351 g/mol. The largest absolute Gasteiger partial charge is 0.481 e. The molecule has 5 atom stereocenters. The Morgan fingerprint density at radius 2 is 2.00 bits per heavy atom. The van der Waals surface area contributed by atoms with Crippen LogP contribution < -0.4 is 5.32 Å². The molecule has 142 valence electrons. The molecule has 2 aliphatic carbocycles. The van der Waals surface area contributed by atoms with E-state index in [0.717, 1.165) is 25.7 Å². The van der Waals surface area contributed by atoms with Gasteiger partial charge in [0, 0.05) is 18.9 Å². The molecule has 0 aliphatic heterocycles. The van der Waals surface area contributed by atoms with Crippen molar-refractivity contribution in [2.24, 2.45) is 23.7 Å². The predicted octanol–water partition coefficient (Wildman–Crippen LogP) is 3.13. The van der Waals surface area contributed by atoms with Crippen LogP contribution >= 0.6 is 0 Å². The second kappa shape index (κ2) is 8.84. The summed E-state index contributed by atoms with van der Waals surface area (Å²) < 4.78 is 0. The first kappa shape index (κ1) is 20.0. The van der Waals surface area contributed by atoms with E-state index in [9.17, 15) is 14.7 Å². The standard InChI is InChI=1S/C20H33NO4/c1-3-11-20(2,25)13-21-19(24)18-15-10-9-14(12-15)16(18)7-5-4-6-8-17(22)23/h5,7,14-16,18,25H,3-4,6,8-13H2,1-2H3,(H,21,24)(H,22,23). The highest BCUT2D eigenvalue weighted by molar-refractivity contribution is 5.80. The predicted molar refractivity (Wildman–Crippen MR) is 97.0 cm³/mol. The molecule has 0 aromatic carbocycles. The van der Waals surface area contributed by atoms with Gasteiger partial charge in [-0.05, 0) is 63.2 Å². The number of carbonyl (C=O) groups excluding carboxylic acids is 1. The molecule has 2 saturated carbocycles. The number of hydrogen-bond donors (Lipinski definition) is 3. The van der Waals surface area contributed by atoms with Gasteiger partial charge in [0.25, 0.3) is 0 Å². The maximum atomic E-state index is 12.7. The summed E-state index contributed by atoms with van der Waals surface area (Å²) in [6.07, 6.45) is 10.8. The molecular formula is C20H33NO4. The fraction of sp³-hybridized carbons (Fsp3) is 0.800. The van der Waals surface area contributed by atoms with E-state index in [-0.39, 0.29) is 24.2 Å². The zero-order valence-corrected chi connectivity index (χ0v) is 15.5. The Morgan fingerprint density at radius 3 is 2.68 bits per heavy atom. The summed E-state index contributed by atoms with van der Waals surface area (Å²) >= 11 is 0. The number of carboxylic acid groups (broad SMARTS) is 1. The lowest BCUT2D eigenvalue weighted by Gasteiger charge is -2.30. The highest BCUT2D eigenvalue weighted by Gasteiger charge is 2.49. The molecular weight excluding hydrogens is 318 g/mol. The summed E-state index contributed by atoms with van der Waals surface area (Å²) in [6.45, 7) is 4.11. The first-order chi connectivity index (χ1) is 11.8. The van der Waals surface area contributed by atoms with E-state index in [1.807, 2.05) is 6.92 Å². The fourth-order valence-electron chi connectivity index (χ4n) is 4.65. The zero-order chi connectivity index (χ0) is 18.4. The van der Waals surface area contributed by atoms with Crippen LogP contribution in [0, 0.1) is 23.7 Å². The minimum absolute atomic E-state index is 0.00639. The number of fused-ring (bicyclic) bond motifs is 2. The number of amides is 1. The number of carboxylic acids is 1. The number of hydrogen-bond acceptors (Lipinski definition) is 3. The number of aliphatic hydroxyl groups is 1. The second-order valence-corrected chi connectivity index (χ2v) is 8.12. The van der Waals surface area contributed by atoms with Crippen molar-refractivity contribution in [1.82, 2.24) is 5.32 Å². The average Bonchev–Trinajstić information content (AvgIpc) is 3.13. The van der Waals surface area contributed by atoms with Crippen molar-refractivity contribution in [1.29, 1.82) is 0 Å². The van der Waals surface area contributed by atoms with Crippen LogP contribution in [0.4, 0.5) is 0 Å². The van der Waals surface area contributed by atoms with Gasteiger partial charge in [0.2, 0.25) is 5.91 Å². The Kier molecular flexibility index (Phi) is 7.05. The SMILES string of the molecule is CCCC(C)(O)CNC(=O)C1C2CCC(C2)C1C=CCCCC(=O)O. The smallest absolute Gasteiger partial charge is 0.303 e. The van der Waals surface area contributed by atoms with Crippen molar-refractivity contribution < 1.29 is 19.8 Å². The summed E-state index contributed by atoms with van der Waals surface area (Å²) in [5.41, 5.74) is -0.843. The molecule has 3 N–H and O–H groups in total. The van der Waals surface area contributed by atoms with E-state index < -0.39 is 11.6 Å². The molecule has 2 fully saturated rings. The number of carbonyl (C=O) groups is 2. The van der Waals surface area contributed by atoms with Crippen LogP contribution in [0.2, 0.25) is 0 Å². The highest BCUT2D eigenvalue weighted by Crippen LogP contribution is 2.53. The van der Waals surface area contributed by atoms with Crippen molar-refractivity contribution in [3.05, 3.63) is 12.2 Å². The Labute approximate surface area is 150 Å². The van der Waals surface area contributed by atoms with Crippen LogP contribution in [0.25, 0.3) is 0 Å². The summed E-state index contributed by atoms with van der Waals surface area (Å²) in [5, 5.41) is 21.9. The van der Waals surface area contributed by atoms with E-state index in [1.165, 1.54) is 6.42 Å². The quantitative estimate of drug-likeness (QED) is 0.417. The van der Waals surface area contributed by atoms with Gasteiger partial charge in [0.05, 0.1) is 5.60 Å². The molecule has 0 spiro atoms. The van der Waals surface area contributed by atoms with E-state index in [4.69, 9.17) is 5.11 Å². The van der Waals surface area contributed by atoms with Gasteiger partial charge in [0.1, 0.15) is 0 Å². The topological polar surface area (TPSA) is 86.6 Å². The maximum Gasteiger partial charge on any atom is 0.303 e. The lowest BCUT2D eigenvalue weighted by molar-refractivity contribution is -0.137. The fourth-order valence-corrected chi connectivity index (χ4v) is 4.65. The molecule has 0 aromatic rings. The Morgan fingerprint density at radius 1 is 1.28 bits per heavy atom.